The van der Waals surface area contributed by atoms with E-state index in [1.54, 1.807) is 0 Å². The van der Waals surface area contributed by atoms with Gasteiger partial charge in [-0.3, -0.25) is 4.79 Å². The van der Waals surface area contributed by atoms with Crippen LogP contribution in [-0.4, -0.2) is 28.1 Å². The topological polar surface area (TPSA) is 65.7 Å². The van der Waals surface area contributed by atoms with Crippen LogP contribution in [0.15, 0.2) is 23.0 Å². The molecule has 2 N–H and O–H groups in total. The lowest BCUT2D eigenvalue weighted by atomic mass is 9.96. The number of imidazole rings is 1. The number of benzene rings is 1. The summed E-state index contributed by atoms with van der Waals surface area (Å²) in [5.74, 6) is -6.23. The number of hydrogen-bond acceptors (Lipinski definition) is 2. The van der Waals surface area contributed by atoms with Gasteiger partial charge in [0.1, 0.15) is 0 Å². The van der Waals surface area contributed by atoms with Crippen molar-refractivity contribution in [1.82, 2.24) is 9.97 Å². The molecule has 0 aliphatic heterocycles. The number of ketones is 1. The summed E-state index contributed by atoms with van der Waals surface area (Å²) in [5.41, 5.74) is -1.39. The van der Waals surface area contributed by atoms with Crippen LogP contribution in [0.3, 0.4) is 0 Å². The molecular formula is C11H6F6N2O2. The third kappa shape index (κ3) is 2.93. The Morgan fingerprint density at radius 1 is 0.952 bits per heavy atom. The standard InChI is InChI=1S/C11H6F6N2O2/c12-10(13,14)8(11(15,16)17)7(20)4-1-2-5-6(3-4)19-9(21)18-5/h1-3,8H,(H2,18,19,21). The monoisotopic (exact) mass is 312 g/mol. The number of rotatable bonds is 2. The van der Waals surface area contributed by atoms with Crippen LogP contribution in [-0.2, 0) is 0 Å². The fourth-order valence-electron chi connectivity index (χ4n) is 1.84. The molecule has 114 valence electrons. The van der Waals surface area contributed by atoms with Gasteiger partial charge >= 0.3 is 18.0 Å². The number of carbonyl (C=O) groups excluding carboxylic acids is 1. The van der Waals surface area contributed by atoms with Gasteiger partial charge in [-0.15, -0.1) is 0 Å². The van der Waals surface area contributed by atoms with Crippen molar-refractivity contribution < 1.29 is 31.1 Å². The summed E-state index contributed by atoms with van der Waals surface area (Å²) in [6.07, 6.45) is -11.5. The maximum absolute atomic E-state index is 12.5. The summed E-state index contributed by atoms with van der Waals surface area (Å²) in [6.45, 7) is 0. The average Bonchev–Trinajstić information content (AvgIpc) is 2.63. The van der Waals surface area contributed by atoms with Crippen molar-refractivity contribution in [2.75, 3.05) is 0 Å². The second-order valence-electron chi connectivity index (χ2n) is 4.22. The van der Waals surface area contributed by atoms with Crippen molar-refractivity contribution in [3.63, 3.8) is 0 Å². The molecule has 0 unspecified atom stereocenters. The molecule has 0 radical (unpaired) electrons. The van der Waals surface area contributed by atoms with E-state index in [-0.39, 0.29) is 11.0 Å². The number of H-pyrrole nitrogens is 2. The highest BCUT2D eigenvalue weighted by atomic mass is 19.4. The quantitative estimate of drug-likeness (QED) is 0.661. The lowest BCUT2D eigenvalue weighted by Gasteiger charge is -2.21. The largest absolute Gasteiger partial charge is 0.407 e. The van der Waals surface area contributed by atoms with E-state index in [0.717, 1.165) is 18.2 Å². The Morgan fingerprint density at radius 3 is 2.00 bits per heavy atom. The maximum atomic E-state index is 12.5. The van der Waals surface area contributed by atoms with Crippen LogP contribution in [0.1, 0.15) is 10.4 Å². The summed E-state index contributed by atoms with van der Waals surface area (Å²) >= 11 is 0. The first-order valence-corrected chi connectivity index (χ1v) is 5.40. The minimum absolute atomic E-state index is 0.0612. The highest BCUT2D eigenvalue weighted by Gasteiger charge is 2.60. The SMILES string of the molecule is O=C(c1ccc2[nH]c(=O)[nH]c2c1)C(C(F)(F)F)C(F)(F)F. The number of Topliss-reactive ketones (excluding diaryl/α,β-unsaturated/α-hetero) is 1. The molecule has 0 saturated heterocycles. The molecule has 0 aliphatic rings. The molecular weight excluding hydrogens is 306 g/mol. The molecule has 1 heterocycles. The lowest BCUT2D eigenvalue weighted by Crippen LogP contribution is -2.42. The van der Waals surface area contributed by atoms with Crippen LogP contribution >= 0.6 is 0 Å². The van der Waals surface area contributed by atoms with E-state index in [9.17, 15) is 35.9 Å². The van der Waals surface area contributed by atoms with Crippen molar-refractivity contribution >= 4 is 16.8 Å². The van der Waals surface area contributed by atoms with Gasteiger partial charge in [-0.05, 0) is 18.2 Å². The number of nitrogens with one attached hydrogen (secondary N) is 2. The molecule has 0 fully saturated rings. The second-order valence-corrected chi connectivity index (χ2v) is 4.22. The third-order valence-electron chi connectivity index (χ3n) is 2.72. The number of alkyl halides is 6. The number of aromatic amines is 2. The van der Waals surface area contributed by atoms with E-state index in [1.807, 2.05) is 0 Å². The Labute approximate surface area is 111 Å². The molecule has 4 nitrogen and oxygen atoms in total. The van der Waals surface area contributed by atoms with Gasteiger partial charge < -0.3 is 9.97 Å². The first-order valence-electron chi connectivity index (χ1n) is 5.40. The highest BCUT2D eigenvalue weighted by molar-refractivity contribution is 6.01. The van der Waals surface area contributed by atoms with Crippen molar-refractivity contribution in [1.29, 1.82) is 0 Å². The fraction of sp³-hybridized carbons (Fsp3) is 0.273. The molecule has 0 spiro atoms. The number of hydrogen-bond donors (Lipinski definition) is 2. The Hall–Kier alpha value is -2.26. The van der Waals surface area contributed by atoms with Crippen LogP contribution in [0.4, 0.5) is 26.3 Å². The van der Waals surface area contributed by atoms with Crippen molar-refractivity contribution in [2.24, 2.45) is 5.92 Å². The molecule has 10 heteroatoms. The molecule has 0 bridgehead atoms. The Kier molecular flexibility index (Phi) is 3.34. The zero-order chi connectivity index (χ0) is 16.0. The molecule has 1 aromatic heterocycles. The summed E-state index contributed by atoms with van der Waals surface area (Å²) in [7, 11) is 0. The van der Waals surface area contributed by atoms with Gasteiger partial charge in [0.05, 0.1) is 11.0 Å². The van der Waals surface area contributed by atoms with Crippen LogP contribution in [0.25, 0.3) is 11.0 Å². The number of aromatic nitrogens is 2. The van der Waals surface area contributed by atoms with Crippen LogP contribution in [0.2, 0.25) is 0 Å². The second kappa shape index (κ2) is 4.64. The normalized spacial score (nSPS) is 13.1. The van der Waals surface area contributed by atoms with Gasteiger partial charge in [0.2, 0.25) is 5.92 Å². The number of carbonyl (C=O) groups is 1. The van der Waals surface area contributed by atoms with E-state index in [4.69, 9.17) is 0 Å². The number of fused-ring (bicyclic) bond motifs is 1. The van der Waals surface area contributed by atoms with Crippen LogP contribution < -0.4 is 5.69 Å². The van der Waals surface area contributed by atoms with Gasteiger partial charge in [-0.1, -0.05) is 0 Å². The fourth-order valence-corrected chi connectivity index (χ4v) is 1.84. The minimum atomic E-state index is -5.75. The van der Waals surface area contributed by atoms with Crippen LogP contribution in [0.5, 0.6) is 0 Å². The molecule has 2 aromatic rings. The van der Waals surface area contributed by atoms with E-state index in [1.165, 1.54) is 0 Å². The molecule has 0 amide bonds. The summed E-state index contributed by atoms with van der Waals surface area (Å²) in [5, 5.41) is 0. The maximum Gasteiger partial charge on any atom is 0.407 e. The lowest BCUT2D eigenvalue weighted by molar-refractivity contribution is -0.264. The average molecular weight is 312 g/mol. The van der Waals surface area contributed by atoms with E-state index in [2.05, 4.69) is 9.97 Å². The minimum Gasteiger partial charge on any atom is -0.306 e. The third-order valence-corrected chi connectivity index (χ3v) is 2.72. The molecule has 1 aromatic carbocycles. The zero-order valence-corrected chi connectivity index (χ0v) is 9.89. The van der Waals surface area contributed by atoms with Crippen molar-refractivity contribution in [3.8, 4) is 0 Å². The molecule has 0 atom stereocenters. The highest BCUT2D eigenvalue weighted by Crippen LogP contribution is 2.41. The Bertz CT molecular complexity index is 725. The van der Waals surface area contributed by atoms with E-state index < -0.39 is 35.3 Å². The predicted octanol–water partition coefficient (Wildman–Crippen LogP) is 2.78. The molecule has 0 saturated carbocycles. The predicted molar refractivity (Wildman–Crippen MR) is 58.8 cm³/mol. The first kappa shape index (κ1) is 15.1. The van der Waals surface area contributed by atoms with Gasteiger partial charge in [0.25, 0.3) is 0 Å². The zero-order valence-electron chi connectivity index (χ0n) is 9.89. The van der Waals surface area contributed by atoms with Crippen LogP contribution in [0, 0.1) is 5.92 Å². The summed E-state index contributed by atoms with van der Waals surface area (Å²) in [4.78, 5) is 26.9. The molecule has 21 heavy (non-hydrogen) atoms. The number of halogens is 6. The van der Waals surface area contributed by atoms with Gasteiger partial charge in [0.15, 0.2) is 5.78 Å². The van der Waals surface area contributed by atoms with Crippen molar-refractivity contribution in [2.45, 2.75) is 12.4 Å². The van der Waals surface area contributed by atoms with Gasteiger partial charge in [0, 0.05) is 5.56 Å². The smallest absolute Gasteiger partial charge is 0.306 e. The van der Waals surface area contributed by atoms with Gasteiger partial charge in [-0.2, -0.15) is 26.3 Å². The summed E-state index contributed by atoms with van der Waals surface area (Å²) < 4.78 is 74.8. The molecule has 2 rings (SSSR count). The Balaban J connectivity index is 2.50. The Morgan fingerprint density at radius 2 is 1.48 bits per heavy atom. The summed E-state index contributed by atoms with van der Waals surface area (Å²) in [6, 6.07) is 2.60. The first-order chi connectivity index (χ1) is 9.50. The molecule has 0 aliphatic carbocycles. The van der Waals surface area contributed by atoms with E-state index >= 15 is 0 Å². The van der Waals surface area contributed by atoms with E-state index in [0.29, 0.717) is 0 Å². The van der Waals surface area contributed by atoms with Gasteiger partial charge in [-0.25, -0.2) is 4.79 Å². The van der Waals surface area contributed by atoms with Crippen molar-refractivity contribution in [3.05, 3.63) is 34.2 Å².